The lowest BCUT2D eigenvalue weighted by atomic mass is 10.0. The molecule has 5 nitrogen and oxygen atoms in total. The Morgan fingerprint density at radius 2 is 1.33 bits per heavy atom. The summed E-state index contributed by atoms with van der Waals surface area (Å²) < 4.78 is 10.8. The van der Waals surface area contributed by atoms with Crippen molar-refractivity contribution in [3.8, 4) is 45.2 Å². The Hall–Kier alpha value is -5.03. The molecule has 0 fully saturated rings. The number of hydrogen-bond acceptors (Lipinski definition) is 3. The van der Waals surface area contributed by atoms with Crippen molar-refractivity contribution in [1.29, 1.82) is 0 Å². The Bertz CT molecular complexity index is 1910. The summed E-state index contributed by atoms with van der Waals surface area (Å²) in [6.07, 6.45) is 4.12. The van der Waals surface area contributed by atoms with E-state index in [2.05, 4.69) is 103 Å². The number of aromatic nitrogens is 4. The van der Waals surface area contributed by atoms with Crippen LogP contribution in [-0.2, 0) is 14.1 Å². The van der Waals surface area contributed by atoms with E-state index < -0.39 is 0 Å². The third-order valence-electron chi connectivity index (χ3n) is 7.38. The first-order valence-electron chi connectivity index (χ1n) is 13.0. The molecule has 4 heterocycles. The zero-order chi connectivity index (χ0) is 26.5. The van der Waals surface area contributed by atoms with Crippen LogP contribution in [0.15, 0.2) is 114 Å². The number of rotatable bonds is 4. The molecular formula is C34H27N4O+. The minimum Gasteiger partial charge on any atom is -0.437 e. The third-order valence-corrected chi connectivity index (χ3v) is 7.38. The minimum atomic E-state index is 0.630. The first kappa shape index (κ1) is 23.1. The average Bonchev–Trinajstić information content (AvgIpc) is 3.52. The molecule has 3 aromatic carbocycles. The van der Waals surface area contributed by atoms with Crippen molar-refractivity contribution >= 4 is 22.1 Å². The number of imidazole rings is 1. The molecule has 39 heavy (non-hydrogen) atoms. The fraction of sp³-hybridized carbons (Fsp3) is 0.0882. The van der Waals surface area contributed by atoms with Gasteiger partial charge >= 0.3 is 0 Å². The quantitative estimate of drug-likeness (QED) is 0.232. The van der Waals surface area contributed by atoms with Crippen LogP contribution in [0.4, 0.5) is 0 Å². The van der Waals surface area contributed by atoms with Crippen LogP contribution in [0, 0.1) is 6.92 Å². The maximum absolute atomic E-state index is 6.54. The zero-order valence-electron chi connectivity index (χ0n) is 22.1. The van der Waals surface area contributed by atoms with Gasteiger partial charge in [-0.05, 0) is 36.8 Å². The molecule has 188 valence electrons. The summed E-state index contributed by atoms with van der Waals surface area (Å²) in [7, 11) is 4.12. The molecular weight excluding hydrogens is 480 g/mol. The van der Waals surface area contributed by atoms with Gasteiger partial charge < -0.3 is 4.42 Å². The van der Waals surface area contributed by atoms with Gasteiger partial charge in [0.15, 0.2) is 5.58 Å². The smallest absolute Gasteiger partial charge is 0.292 e. The van der Waals surface area contributed by atoms with Crippen LogP contribution in [0.1, 0.15) is 5.56 Å². The molecule has 4 aromatic heterocycles. The molecule has 0 saturated heterocycles. The second kappa shape index (κ2) is 9.07. The number of aryl methyl sites for hydroxylation is 3. The molecule has 0 unspecified atom stereocenters. The Kier molecular flexibility index (Phi) is 5.37. The highest BCUT2D eigenvalue weighted by molar-refractivity contribution is 6.09. The zero-order valence-corrected chi connectivity index (χ0v) is 22.1. The second-order valence-corrected chi connectivity index (χ2v) is 9.99. The lowest BCUT2D eigenvalue weighted by molar-refractivity contribution is -0.659. The topological polar surface area (TPSA) is 47.7 Å². The second-order valence-electron chi connectivity index (χ2n) is 9.99. The van der Waals surface area contributed by atoms with Gasteiger partial charge in [0.05, 0.1) is 31.2 Å². The van der Waals surface area contributed by atoms with Crippen molar-refractivity contribution in [3.05, 3.63) is 115 Å². The summed E-state index contributed by atoms with van der Waals surface area (Å²) in [5, 5.41) is 2.07. The first-order valence-corrected chi connectivity index (χ1v) is 13.0. The molecule has 0 aliphatic heterocycles. The number of nitrogens with zero attached hydrogens (tertiary/aromatic N) is 4. The fourth-order valence-electron chi connectivity index (χ4n) is 5.39. The van der Waals surface area contributed by atoms with E-state index in [4.69, 9.17) is 14.4 Å². The maximum Gasteiger partial charge on any atom is 0.292 e. The molecule has 0 bridgehead atoms. The summed E-state index contributed by atoms with van der Waals surface area (Å²) in [6, 6.07) is 33.3. The molecule has 5 heteroatoms. The van der Waals surface area contributed by atoms with Crippen molar-refractivity contribution < 1.29 is 8.98 Å². The largest absolute Gasteiger partial charge is 0.437 e. The van der Waals surface area contributed by atoms with Crippen LogP contribution in [0.3, 0.4) is 0 Å². The molecule has 7 rings (SSSR count). The standard InChI is InChI=1S/C34H27N4O/c1-22-14-15-26-27-16-17-28(36-33(27)39-32(26)31(22)34-37(2)18-19-38(34)3)25-20-29(23-10-6-4-7-11-23)35-30(21-25)24-12-8-5-9-13-24/h4-21H,1-3H3/q+1. The van der Waals surface area contributed by atoms with Gasteiger partial charge in [0.25, 0.3) is 5.82 Å². The Labute approximate surface area is 226 Å². The fourth-order valence-corrected chi connectivity index (χ4v) is 5.39. The number of pyridine rings is 2. The van der Waals surface area contributed by atoms with E-state index in [1.807, 2.05) is 36.4 Å². The molecule has 0 aliphatic carbocycles. The van der Waals surface area contributed by atoms with Crippen molar-refractivity contribution in [3.63, 3.8) is 0 Å². The number of hydrogen-bond donors (Lipinski definition) is 0. The van der Waals surface area contributed by atoms with Crippen LogP contribution >= 0.6 is 0 Å². The molecule has 7 aromatic rings. The van der Waals surface area contributed by atoms with E-state index in [-0.39, 0.29) is 0 Å². The van der Waals surface area contributed by atoms with E-state index in [1.54, 1.807) is 0 Å². The van der Waals surface area contributed by atoms with E-state index in [0.717, 1.165) is 67.1 Å². The number of benzene rings is 3. The van der Waals surface area contributed by atoms with Crippen molar-refractivity contribution in [1.82, 2.24) is 14.5 Å². The summed E-state index contributed by atoms with van der Waals surface area (Å²) in [6.45, 7) is 2.13. The van der Waals surface area contributed by atoms with Crippen LogP contribution < -0.4 is 4.57 Å². The first-order chi connectivity index (χ1) is 19.1. The van der Waals surface area contributed by atoms with Gasteiger partial charge in [-0.25, -0.2) is 19.1 Å². The van der Waals surface area contributed by atoms with Gasteiger partial charge in [-0.3, -0.25) is 0 Å². The summed E-state index contributed by atoms with van der Waals surface area (Å²) in [4.78, 5) is 10.0. The normalized spacial score (nSPS) is 11.5. The SMILES string of the molecule is Cc1ccc2c(oc3nc(-c4cc(-c5ccccc5)nc(-c5ccccc5)c4)ccc32)c1-c1n(C)cc[n+]1C. The van der Waals surface area contributed by atoms with Gasteiger partial charge in [0.1, 0.15) is 18.0 Å². The number of furan rings is 1. The van der Waals surface area contributed by atoms with Gasteiger partial charge in [-0.15, -0.1) is 0 Å². The van der Waals surface area contributed by atoms with Gasteiger partial charge in [0.2, 0.25) is 5.71 Å². The predicted octanol–water partition coefficient (Wildman–Crippen LogP) is 7.52. The summed E-state index contributed by atoms with van der Waals surface area (Å²) >= 11 is 0. The van der Waals surface area contributed by atoms with Gasteiger partial charge in [-0.1, -0.05) is 72.8 Å². The van der Waals surface area contributed by atoms with Gasteiger partial charge in [-0.2, -0.15) is 0 Å². The lowest BCUT2D eigenvalue weighted by Crippen LogP contribution is -2.29. The molecule has 0 N–H and O–H groups in total. The van der Waals surface area contributed by atoms with E-state index in [9.17, 15) is 0 Å². The van der Waals surface area contributed by atoms with Crippen molar-refractivity contribution in [2.75, 3.05) is 0 Å². The van der Waals surface area contributed by atoms with Gasteiger partial charge in [0, 0.05) is 27.5 Å². The number of fused-ring (bicyclic) bond motifs is 3. The molecule has 0 radical (unpaired) electrons. The third kappa shape index (κ3) is 3.91. The molecule has 0 atom stereocenters. The van der Waals surface area contributed by atoms with E-state index >= 15 is 0 Å². The Balaban J connectivity index is 1.43. The van der Waals surface area contributed by atoms with E-state index in [0.29, 0.717) is 5.71 Å². The molecule has 0 spiro atoms. The van der Waals surface area contributed by atoms with Crippen LogP contribution in [0.25, 0.3) is 67.2 Å². The average molecular weight is 508 g/mol. The predicted molar refractivity (Wildman–Crippen MR) is 156 cm³/mol. The maximum atomic E-state index is 6.54. The summed E-state index contributed by atoms with van der Waals surface area (Å²) in [5.74, 6) is 1.09. The monoisotopic (exact) mass is 507 g/mol. The minimum absolute atomic E-state index is 0.630. The Morgan fingerprint density at radius 3 is 1.95 bits per heavy atom. The van der Waals surface area contributed by atoms with Crippen LogP contribution in [0.2, 0.25) is 0 Å². The lowest BCUT2D eigenvalue weighted by Gasteiger charge is -2.10. The highest BCUT2D eigenvalue weighted by Crippen LogP contribution is 2.37. The van der Waals surface area contributed by atoms with Crippen molar-refractivity contribution in [2.45, 2.75) is 6.92 Å². The molecule has 0 aliphatic rings. The Morgan fingerprint density at radius 1 is 0.692 bits per heavy atom. The highest BCUT2D eigenvalue weighted by Gasteiger charge is 2.24. The van der Waals surface area contributed by atoms with Crippen LogP contribution in [0.5, 0.6) is 0 Å². The highest BCUT2D eigenvalue weighted by atomic mass is 16.3. The molecule has 0 saturated carbocycles. The van der Waals surface area contributed by atoms with Crippen LogP contribution in [-0.4, -0.2) is 14.5 Å². The summed E-state index contributed by atoms with van der Waals surface area (Å²) in [5.41, 5.74) is 9.53. The molecule has 0 amide bonds. The van der Waals surface area contributed by atoms with E-state index in [1.165, 1.54) is 0 Å². The van der Waals surface area contributed by atoms with Crippen molar-refractivity contribution in [2.24, 2.45) is 14.1 Å².